The van der Waals surface area contributed by atoms with E-state index >= 15 is 0 Å². The maximum atomic E-state index is 12.7. The minimum Gasteiger partial charge on any atom is -0.377 e. The van der Waals surface area contributed by atoms with Gasteiger partial charge in [0.15, 0.2) is 0 Å². The molecule has 0 radical (unpaired) electrons. The molecule has 0 spiro atoms. The molecular weight excluding hydrogens is 388 g/mol. The van der Waals surface area contributed by atoms with Crippen LogP contribution in [0.2, 0.25) is 0 Å². The van der Waals surface area contributed by atoms with E-state index in [2.05, 4.69) is 10.3 Å². The van der Waals surface area contributed by atoms with Crippen LogP contribution in [0.25, 0.3) is 0 Å². The molecular formula is C21H20N4O3S. The zero-order valence-corrected chi connectivity index (χ0v) is 16.8. The SMILES string of the molecule is CN(C)c1ccc([N+](=O)[O-])cc1C(=O)Nc1ccc(SCc2cccnc2)cc1. The summed E-state index contributed by atoms with van der Waals surface area (Å²) < 4.78 is 0. The summed E-state index contributed by atoms with van der Waals surface area (Å²) in [4.78, 5) is 30.2. The molecule has 3 aromatic rings. The zero-order valence-electron chi connectivity index (χ0n) is 16.0. The van der Waals surface area contributed by atoms with Crippen molar-refractivity contribution in [3.63, 3.8) is 0 Å². The molecule has 0 saturated heterocycles. The third-order valence-corrected chi connectivity index (χ3v) is 5.24. The van der Waals surface area contributed by atoms with E-state index in [0.717, 1.165) is 16.2 Å². The number of carbonyl (C=O) groups is 1. The van der Waals surface area contributed by atoms with E-state index in [9.17, 15) is 14.9 Å². The number of anilines is 2. The average Bonchev–Trinajstić information content (AvgIpc) is 2.73. The van der Waals surface area contributed by atoms with Gasteiger partial charge in [-0.05, 0) is 42.0 Å². The summed E-state index contributed by atoms with van der Waals surface area (Å²) >= 11 is 1.67. The molecule has 1 aromatic heterocycles. The fourth-order valence-electron chi connectivity index (χ4n) is 2.69. The third kappa shape index (κ3) is 5.32. The van der Waals surface area contributed by atoms with Gasteiger partial charge >= 0.3 is 0 Å². The van der Waals surface area contributed by atoms with Crippen molar-refractivity contribution in [2.45, 2.75) is 10.6 Å². The molecule has 0 atom stereocenters. The summed E-state index contributed by atoms with van der Waals surface area (Å²) in [5.74, 6) is 0.410. The Balaban J connectivity index is 1.70. The maximum absolute atomic E-state index is 12.7. The lowest BCUT2D eigenvalue weighted by Gasteiger charge is -2.17. The molecule has 2 aromatic carbocycles. The van der Waals surface area contributed by atoms with Crippen molar-refractivity contribution >= 4 is 34.7 Å². The lowest BCUT2D eigenvalue weighted by molar-refractivity contribution is -0.384. The van der Waals surface area contributed by atoms with Crippen LogP contribution >= 0.6 is 11.8 Å². The van der Waals surface area contributed by atoms with Crippen molar-refractivity contribution in [3.8, 4) is 0 Å². The molecule has 1 amide bonds. The molecule has 0 aliphatic rings. The Morgan fingerprint density at radius 2 is 1.93 bits per heavy atom. The molecule has 1 N–H and O–H groups in total. The predicted octanol–water partition coefficient (Wildman–Crippen LogP) is 4.60. The fraction of sp³-hybridized carbons (Fsp3) is 0.143. The van der Waals surface area contributed by atoms with E-state index in [1.165, 1.54) is 12.1 Å². The lowest BCUT2D eigenvalue weighted by Crippen LogP contribution is -2.18. The number of nitro groups is 1. The monoisotopic (exact) mass is 408 g/mol. The fourth-order valence-corrected chi connectivity index (χ4v) is 3.53. The number of hydrogen-bond donors (Lipinski definition) is 1. The van der Waals surface area contributed by atoms with Gasteiger partial charge in [0.05, 0.1) is 10.5 Å². The van der Waals surface area contributed by atoms with Crippen LogP contribution in [-0.4, -0.2) is 29.9 Å². The molecule has 3 rings (SSSR count). The van der Waals surface area contributed by atoms with Gasteiger partial charge in [0, 0.05) is 60.6 Å². The van der Waals surface area contributed by atoms with E-state index in [4.69, 9.17) is 0 Å². The van der Waals surface area contributed by atoms with Crippen LogP contribution in [0.4, 0.5) is 17.1 Å². The Bertz CT molecular complexity index is 1010. The number of aromatic nitrogens is 1. The van der Waals surface area contributed by atoms with Gasteiger partial charge in [-0.3, -0.25) is 19.9 Å². The van der Waals surface area contributed by atoms with Gasteiger partial charge in [-0.1, -0.05) is 6.07 Å². The number of nitro benzene ring substituents is 1. The Kier molecular flexibility index (Phi) is 6.46. The smallest absolute Gasteiger partial charge is 0.270 e. The van der Waals surface area contributed by atoms with Gasteiger partial charge in [-0.25, -0.2) is 0 Å². The first-order valence-corrected chi connectivity index (χ1v) is 9.81. The lowest BCUT2D eigenvalue weighted by atomic mass is 10.1. The molecule has 0 aliphatic carbocycles. The van der Waals surface area contributed by atoms with Crippen molar-refractivity contribution < 1.29 is 9.72 Å². The highest BCUT2D eigenvalue weighted by Crippen LogP contribution is 2.27. The first-order chi connectivity index (χ1) is 13.9. The number of amides is 1. The van der Waals surface area contributed by atoms with Crippen LogP contribution in [0.15, 0.2) is 71.9 Å². The number of benzene rings is 2. The summed E-state index contributed by atoms with van der Waals surface area (Å²) in [5, 5.41) is 13.9. The number of thioether (sulfide) groups is 1. The van der Waals surface area contributed by atoms with Crippen LogP contribution in [0, 0.1) is 10.1 Å². The Labute approximate surface area is 172 Å². The summed E-state index contributed by atoms with van der Waals surface area (Å²) in [6, 6.07) is 15.7. The highest BCUT2D eigenvalue weighted by atomic mass is 32.2. The van der Waals surface area contributed by atoms with Crippen LogP contribution in [0.5, 0.6) is 0 Å². The number of carbonyl (C=O) groups excluding carboxylic acids is 1. The van der Waals surface area contributed by atoms with E-state index in [0.29, 0.717) is 11.4 Å². The van der Waals surface area contributed by atoms with Gasteiger partial charge in [0.2, 0.25) is 0 Å². The second kappa shape index (κ2) is 9.20. The van der Waals surface area contributed by atoms with Crippen LogP contribution < -0.4 is 10.2 Å². The standard InChI is InChI=1S/C21H20N4O3S/c1-24(2)20-10-7-17(25(27)28)12-19(20)21(26)23-16-5-8-18(9-6-16)29-14-15-4-3-11-22-13-15/h3-13H,14H2,1-2H3,(H,23,26). The largest absolute Gasteiger partial charge is 0.377 e. The summed E-state index contributed by atoms with van der Waals surface area (Å²) in [6.45, 7) is 0. The third-order valence-electron chi connectivity index (χ3n) is 4.16. The number of nitrogens with one attached hydrogen (secondary N) is 1. The van der Waals surface area contributed by atoms with Gasteiger partial charge in [0.1, 0.15) is 0 Å². The molecule has 29 heavy (non-hydrogen) atoms. The molecule has 7 nitrogen and oxygen atoms in total. The molecule has 148 valence electrons. The molecule has 0 saturated carbocycles. The number of pyridine rings is 1. The van der Waals surface area contributed by atoms with Gasteiger partial charge in [-0.2, -0.15) is 0 Å². The van der Waals surface area contributed by atoms with Crippen molar-refractivity contribution in [2.24, 2.45) is 0 Å². The summed E-state index contributed by atoms with van der Waals surface area (Å²) in [5.41, 5.74) is 2.49. The Morgan fingerprint density at radius 3 is 2.55 bits per heavy atom. The van der Waals surface area contributed by atoms with Crippen molar-refractivity contribution in [2.75, 3.05) is 24.3 Å². The van der Waals surface area contributed by atoms with E-state index in [1.54, 1.807) is 43.0 Å². The number of hydrogen-bond acceptors (Lipinski definition) is 6. The van der Waals surface area contributed by atoms with Crippen LogP contribution in [-0.2, 0) is 5.75 Å². The highest BCUT2D eigenvalue weighted by Gasteiger charge is 2.18. The van der Waals surface area contributed by atoms with Gasteiger partial charge < -0.3 is 10.2 Å². The van der Waals surface area contributed by atoms with E-state index in [-0.39, 0.29) is 11.3 Å². The Morgan fingerprint density at radius 1 is 1.17 bits per heavy atom. The van der Waals surface area contributed by atoms with Crippen molar-refractivity contribution in [3.05, 3.63) is 88.2 Å². The first-order valence-electron chi connectivity index (χ1n) is 8.83. The average molecular weight is 408 g/mol. The predicted molar refractivity (Wildman–Crippen MR) is 116 cm³/mol. The highest BCUT2D eigenvalue weighted by molar-refractivity contribution is 7.98. The molecule has 0 fully saturated rings. The first kappa shape index (κ1) is 20.3. The molecule has 8 heteroatoms. The maximum Gasteiger partial charge on any atom is 0.270 e. The van der Waals surface area contributed by atoms with Gasteiger partial charge in [0.25, 0.3) is 11.6 Å². The second-order valence-corrected chi connectivity index (χ2v) is 7.53. The topological polar surface area (TPSA) is 88.4 Å². The second-order valence-electron chi connectivity index (χ2n) is 6.48. The van der Waals surface area contributed by atoms with Crippen molar-refractivity contribution in [1.82, 2.24) is 4.98 Å². The number of nitrogens with zero attached hydrogens (tertiary/aromatic N) is 3. The minimum absolute atomic E-state index is 0.122. The molecule has 0 bridgehead atoms. The quantitative estimate of drug-likeness (QED) is 0.349. The van der Waals surface area contributed by atoms with Crippen LogP contribution in [0.1, 0.15) is 15.9 Å². The van der Waals surface area contributed by atoms with Crippen molar-refractivity contribution in [1.29, 1.82) is 0 Å². The number of non-ortho nitro benzene ring substituents is 1. The normalized spacial score (nSPS) is 10.4. The Hall–Kier alpha value is -3.39. The van der Waals surface area contributed by atoms with E-state index in [1.807, 2.05) is 42.6 Å². The molecule has 0 unspecified atom stereocenters. The number of rotatable bonds is 7. The van der Waals surface area contributed by atoms with E-state index < -0.39 is 10.8 Å². The molecule has 1 heterocycles. The minimum atomic E-state index is -0.509. The summed E-state index contributed by atoms with van der Waals surface area (Å²) in [7, 11) is 3.57. The zero-order chi connectivity index (χ0) is 20.8. The van der Waals surface area contributed by atoms with Crippen LogP contribution in [0.3, 0.4) is 0 Å². The summed E-state index contributed by atoms with van der Waals surface area (Å²) in [6.07, 6.45) is 3.58. The molecule has 0 aliphatic heterocycles. The van der Waals surface area contributed by atoms with Gasteiger partial charge in [-0.15, -0.1) is 11.8 Å².